The molecule has 2 aromatic carbocycles. The Morgan fingerprint density at radius 1 is 1.00 bits per heavy atom. The first-order chi connectivity index (χ1) is 13.6. The third kappa shape index (κ3) is 5.92. The van der Waals surface area contributed by atoms with Crippen molar-refractivity contribution in [2.75, 3.05) is 13.1 Å². The van der Waals surface area contributed by atoms with Gasteiger partial charge in [-0.2, -0.15) is 0 Å². The zero-order chi connectivity index (χ0) is 19.8. The van der Waals surface area contributed by atoms with Gasteiger partial charge in [-0.15, -0.1) is 0 Å². The molecule has 2 N–H and O–H groups in total. The van der Waals surface area contributed by atoms with E-state index in [9.17, 15) is 9.59 Å². The molecular formula is C23H28N2O3. The summed E-state index contributed by atoms with van der Waals surface area (Å²) in [6.45, 7) is 2.72. The van der Waals surface area contributed by atoms with Gasteiger partial charge >= 0.3 is 5.97 Å². The van der Waals surface area contributed by atoms with Crippen molar-refractivity contribution < 1.29 is 14.7 Å². The minimum Gasteiger partial charge on any atom is -0.481 e. The van der Waals surface area contributed by atoms with Gasteiger partial charge < -0.3 is 10.4 Å². The Balaban J connectivity index is 1.53. The number of rotatable bonds is 8. The predicted molar refractivity (Wildman–Crippen MR) is 109 cm³/mol. The third-order valence-electron chi connectivity index (χ3n) is 5.37. The van der Waals surface area contributed by atoms with Gasteiger partial charge in [0, 0.05) is 18.9 Å². The van der Waals surface area contributed by atoms with E-state index in [1.54, 1.807) is 0 Å². The van der Waals surface area contributed by atoms with Crippen molar-refractivity contribution in [1.82, 2.24) is 10.2 Å². The van der Waals surface area contributed by atoms with Crippen LogP contribution in [0, 0.1) is 5.92 Å². The second-order valence-electron chi connectivity index (χ2n) is 7.44. The van der Waals surface area contributed by atoms with Crippen LogP contribution in [0.3, 0.4) is 0 Å². The lowest BCUT2D eigenvalue weighted by atomic mass is 9.94. The molecule has 3 rings (SSSR count). The van der Waals surface area contributed by atoms with Crippen molar-refractivity contribution >= 4 is 11.9 Å². The number of likely N-dealkylation sites (tertiary alicyclic amines) is 1. The number of carboxylic acids is 1. The SMILES string of the molecule is O=C(O)CCC(NC(=O)C1CCN(Cc2ccccc2)CC1)c1ccccc1. The van der Waals surface area contributed by atoms with Gasteiger partial charge in [0.2, 0.25) is 5.91 Å². The van der Waals surface area contributed by atoms with Gasteiger partial charge in [0.25, 0.3) is 0 Å². The van der Waals surface area contributed by atoms with Crippen LogP contribution < -0.4 is 5.32 Å². The van der Waals surface area contributed by atoms with E-state index in [2.05, 4.69) is 34.5 Å². The maximum Gasteiger partial charge on any atom is 0.303 e. The average Bonchev–Trinajstić information content (AvgIpc) is 2.73. The lowest BCUT2D eigenvalue weighted by Gasteiger charge is -2.32. The third-order valence-corrected chi connectivity index (χ3v) is 5.37. The van der Waals surface area contributed by atoms with Crippen molar-refractivity contribution in [2.24, 2.45) is 5.92 Å². The molecule has 148 valence electrons. The van der Waals surface area contributed by atoms with Gasteiger partial charge in [-0.1, -0.05) is 60.7 Å². The Kier molecular flexibility index (Phi) is 7.20. The Hall–Kier alpha value is -2.66. The summed E-state index contributed by atoms with van der Waals surface area (Å²) in [6, 6.07) is 19.8. The first-order valence-corrected chi connectivity index (χ1v) is 9.95. The summed E-state index contributed by atoms with van der Waals surface area (Å²) in [5.41, 5.74) is 2.25. The highest BCUT2D eigenvalue weighted by molar-refractivity contribution is 5.79. The van der Waals surface area contributed by atoms with Crippen LogP contribution in [-0.4, -0.2) is 35.0 Å². The van der Waals surface area contributed by atoms with Crippen molar-refractivity contribution in [3.63, 3.8) is 0 Å². The van der Waals surface area contributed by atoms with E-state index in [0.29, 0.717) is 6.42 Å². The van der Waals surface area contributed by atoms with Gasteiger partial charge in [-0.3, -0.25) is 14.5 Å². The quantitative estimate of drug-likeness (QED) is 0.734. The second kappa shape index (κ2) is 10.0. The zero-order valence-electron chi connectivity index (χ0n) is 16.1. The van der Waals surface area contributed by atoms with Gasteiger partial charge in [0.15, 0.2) is 0 Å². The van der Waals surface area contributed by atoms with Gasteiger partial charge in [0.1, 0.15) is 0 Å². The van der Waals surface area contributed by atoms with Crippen LogP contribution in [0.4, 0.5) is 0 Å². The lowest BCUT2D eigenvalue weighted by Crippen LogP contribution is -2.41. The molecule has 0 spiro atoms. The van der Waals surface area contributed by atoms with E-state index in [-0.39, 0.29) is 24.3 Å². The zero-order valence-corrected chi connectivity index (χ0v) is 16.1. The van der Waals surface area contributed by atoms with Crippen LogP contribution in [0.1, 0.15) is 42.9 Å². The van der Waals surface area contributed by atoms with E-state index in [0.717, 1.165) is 38.0 Å². The molecule has 0 bridgehead atoms. The molecule has 1 amide bonds. The number of carboxylic acid groups (broad SMARTS) is 1. The molecule has 0 saturated carbocycles. The molecule has 1 fully saturated rings. The van der Waals surface area contributed by atoms with Gasteiger partial charge in [0.05, 0.1) is 6.04 Å². The summed E-state index contributed by atoms with van der Waals surface area (Å²) in [5.74, 6) is -0.814. The van der Waals surface area contributed by atoms with Crippen LogP contribution in [0.25, 0.3) is 0 Å². The molecule has 1 saturated heterocycles. The van der Waals surface area contributed by atoms with Crippen LogP contribution >= 0.6 is 0 Å². The first kappa shape index (κ1) is 20.1. The molecule has 0 radical (unpaired) electrons. The molecule has 0 aromatic heterocycles. The Bertz CT molecular complexity index is 756. The molecule has 5 nitrogen and oxygen atoms in total. The van der Waals surface area contributed by atoms with Gasteiger partial charge in [-0.25, -0.2) is 0 Å². The predicted octanol–water partition coefficient (Wildman–Crippen LogP) is 3.62. The number of benzene rings is 2. The van der Waals surface area contributed by atoms with Crippen LogP contribution in [0.5, 0.6) is 0 Å². The lowest BCUT2D eigenvalue weighted by molar-refractivity contribution is -0.137. The van der Waals surface area contributed by atoms with Crippen LogP contribution in [0.15, 0.2) is 60.7 Å². The highest BCUT2D eigenvalue weighted by Gasteiger charge is 2.27. The number of nitrogens with one attached hydrogen (secondary N) is 1. The summed E-state index contributed by atoms with van der Waals surface area (Å²) >= 11 is 0. The van der Waals surface area contributed by atoms with E-state index in [1.807, 2.05) is 36.4 Å². The number of amides is 1. The summed E-state index contributed by atoms with van der Waals surface area (Å²) in [5, 5.41) is 12.1. The monoisotopic (exact) mass is 380 g/mol. The molecule has 1 atom stereocenters. The summed E-state index contributed by atoms with van der Waals surface area (Å²) in [7, 11) is 0. The van der Waals surface area contributed by atoms with E-state index in [4.69, 9.17) is 5.11 Å². The molecule has 1 heterocycles. The minimum absolute atomic E-state index is 0.0111. The van der Waals surface area contributed by atoms with Crippen LogP contribution in [0.2, 0.25) is 0 Å². The van der Waals surface area contributed by atoms with E-state index >= 15 is 0 Å². The molecular weight excluding hydrogens is 352 g/mol. The molecule has 1 unspecified atom stereocenters. The van der Waals surface area contributed by atoms with Crippen molar-refractivity contribution in [3.05, 3.63) is 71.8 Å². The number of hydrogen-bond acceptors (Lipinski definition) is 3. The maximum atomic E-state index is 12.8. The number of piperidine rings is 1. The van der Waals surface area contributed by atoms with Crippen molar-refractivity contribution in [2.45, 2.75) is 38.3 Å². The summed E-state index contributed by atoms with van der Waals surface area (Å²) in [6.07, 6.45) is 2.10. The summed E-state index contributed by atoms with van der Waals surface area (Å²) < 4.78 is 0. The number of nitrogens with zero attached hydrogens (tertiary/aromatic N) is 1. The Morgan fingerprint density at radius 2 is 1.61 bits per heavy atom. The minimum atomic E-state index is -0.843. The Labute approximate surface area is 166 Å². The number of hydrogen-bond donors (Lipinski definition) is 2. The Morgan fingerprint density at radius 3 is 2.21 bits per heavy atom. The number of carbonyl (C=O) groups is 2. The van der Waals surface area contributed by atoms with Crippen molar-refractivity contribution in [1.29, 1.82) is 0 Å². The first-order valence-electron chi connectivity index (χ1n) is 9.95. The van der Waals surface area contributed by atoms with E-state index < -0.39 is 5.97 Å². The highest BCUT2D eigenvalue weighted by Crippen LogP contribution is 2.23. The fraction of sp³-hybridized carbons (Fsp3) is 0.391. The molecule has 2 aromatic rings. The van der Waals surface area contributed by atoms with Gasteiger partial charge in [-0.05, 0) is 43.5 Å². The number of aliphatic carboxylic acids is 1. The molecule has 1 aliphatic heterocycles. The molecule has 0 aliphatic carbocycles. The molecule has 1 aliphatic rings. The smallest absolute Gasteiger partial charge is 0.303 e. The highest BCUT2D eigenvalue weighted by atomic mass is 16.4. The largest absolute Gasteiger partial charge is 0.481 e. The number of carbonyl (C=O) groups excluding carboxylic acids is 1. The normalized spacial score (nSPS) is 16.4. The molecule has 28 heavy (non-hydrogen) atoms. The molecule has 5 heteroatoms. The topological polar surface area (TPSA) is 69.6 Å². The van der Waals surface area contributed by atoms with E-state index in [1.165, 1.54) is 5.56 Å². The summed E-state index contributed by atoms with van der Waals surface area (Å²) in [4.78, 5) is 26.2. The second-order valence-corrected chi connectivity index (χ2v) is 7.44. The fourth-order valence-corrected chi connectivity index (χ4v) is 3.76. The average molecular weight is 380 g/mol. The standard InChI is InChI=1S/C23H28N2O3/c26-22(27)12-11-21(19-9-5-2-6-10-19)24-23(28)20-13-15-25(16-14-20)17-18-7-3-1-4-8-18/h1-10,20-21H,11-17H2,(H,24,28)(H,26,27). The maximum absolute atomic E-state index is 12.8. The van der Waals surface area contributed by atoms with Crippen molar-refractivity contribution in [3.8, 4) is 0 Å². The fourth-order valence-electron chi connectivity index (χ4n) is 3.76. The van der Waals surface area contributed by atoms with Crippen LogP contribution in [-0.2, 0) is 16.1 Å².